The van der Waals surface area contributed by atoms with Crippen LogP contribution in [0.2, 0.25) is 0 Å². The van der Waals surface area contributed by atoms with E-state index in [2.05, 4.69) is 5.43 Å². The Kier molecular flexibility index (Phi) is 5.24. The molecular weight excluding hydrogens is 256 g/mol. The molecule has 1 fully saturated rings. The largest absolute Gasteiger partial charge is 0.493 e. The molecule has 5 heteroatoms. The maximum atomic E-state index is 10.4. The fraction of sp³-hybridized carbons (Fsp3) is 0.533. The zero-order valence-electron chi connectivity index (χ0n) is 12.1. The molecule has 0 bridgehead atoms. The molecular formula is C15H22N2O3. The summed E-state index contributed by atoms with van der Waals surface area (Å²) in [6, 6.07) is 5.87. The lowest BCUT2D eigenvalue weighted by molar-refractivity contribution is -0.113. The van der Waals surface area contributed by atoms with Gasteiger partial charge < -0.3 is 9.47 Å². The van der Waals surface area contributed by atoms with Crippen molar-refractivity contribution >= 4 is 6.41 Å². The van der Waals surface area contributed by atoms with Crippen LogP contribution in [0.4, 0.5) is 0 Å². The summed E-state index contributed by atoms with van der Waals surface area (Å²) >= 11 is 0. The minimum Gasteiger partial charge on any atom is -0.493 e. The highest BCUT2D eigenvalue weighted by atomic mass is 16.5. The van der Waals surface area contributed by atoms with Crippen molar-refractivity contribution in [3.8, 4) is 11.5 Å². The Morgan fingerprint density at radius 3 is 2.75 bits per heavy atom. The number of carbonyl (C=O) groups is 1. The van der Waals surface area contributed by atoms with Gasteiger partial charge in [0.2, 0.25) is 6.41 Å². The highest BCUT2D eigenvalue weighted by Crippen LogP contribution is 2.32. The van der Waals surface area contributed by atoms with Crippen LogP contribution >= 0.6 is 0 Å². The van der Waals surface area contributed by atoms with Crippen molar-refractivity contribution < 1.29 is 14.3 Å². The number of methoxy groups -OCH3 is 1. The number of nitrogens with one attached hydrogen (secondary N) is 1. The van der Waals surface area contributed by atoms with Crippen molar-refractivity contribution in [1.82, 2.24) is 10.4 Å². The van der Waals surface area contributed by atoms with Gasteiger partial charge in [-0.05, 0) is 43.4 Å². The van der Waals surface area contributed by atoms with Gasteiger partial charge in [0.1, 0.15) is 0 Å². The van der Waals surface area contributed by atoms with E-state index in [9.17, 15) is 4.79 Å². The first-order valence-corrected chi connectivity index (χ1v) is 6.97. The smallest absolute Gasteiger partial charge is 0.221 e. The van der Waals surface area contributed by atoms with Crippen LogP contribution < -0.4 is 14.9 Å². The lowest BCUT2D eigenvalue weighted by Gasteiger charge is -2.19. The number of hydrogen-bond acceptors (Lipinski definition) is 4. The van der Waals surface area contributed by atoms with Crippen molar-refractivity contribution in [2.75, 3.05) is 14.2 Å². The van der Waals surface area contributed by atoms with Crippen LogP contribution in [0.15, 0.2) is 18.2 Å². The molecule has 1 aromatic carbocycles. The molecule has 0 atom stereocenters. The summed E-state index contributed by atoms with van der Waals surface area (Å²) in [5, 5.41) is 1.72. The van der Waals surface area contributed by atoms with E-state index in [0.29, 0.717) is 19.1 Å². The van der Waals surface area contributed by atoms with Gasteiger partial charge in [-0.15, -0.1) is 0 Å². The summed E-state index contributed by atoms with van der Waals surface area (Å²) in [7, 11) is 3.46. The number of ether oxygens (including phenoxy) is 2. The highest BCUT2D eigenvalue weighted by Gasteiger charge is 2.18. The maximum Gasteiger partial charge on any atom is 0.221 e. The monoisotopic (exact) mass is 278 g/mol. The molecule has 1 aromatic rings. The van der Waals surface area contributed by atoms with Crippen molar-refractivity contribution in [1.29, 1.82) is 0 Å². The maximum absolute atomic E-state index is 10.4. The van der Waals surface area contributed by atoms with E-state index < -0.39 is 0 Å². The summed E-state index contributed by atoms with van der Waals surface area (Å²) < 4.78 is 11.4. The van der Waals surface area contributed by atoms with Crippen LogP contribution in [0, 0.1) is 0 Å². The number of hydrogen-bond donors (Lipinski definition) is 1. The average molecular weight is 278 g/mol. The Bertz CT molecular complexity index is 445. The Labute approximate surface area is 119 Å². The van der Waals surface area contributed by atoms with Crippen molar-refractivity contribution in [2.24, 2.45) is 0 Å². The van der Waals surface area contributed by atoms with Gasteiger partial charge in [-0.2, -0.15) is 0 Å². The van der Waals surface area contributed by atoms with E-state index in [-0.39, 0.29) is 0 Å². The molecule has 0 aromatic heterocycles. The Hall–Kier alpha value is -1.75. The topological polar surface area (TPSA) is 50.8 Å². The molecule has 0 heterocycles. The van der Waals surface area contributed by atoms with Crippen LogP contribution in [0.5, 0.6) is 11.5 Å². The highest BCUT2D eigenvalue weighted by molar-refractivity contribution is 5.45. The first kappa shape index (κ1) is 14.7. The molecule has 1 saturated carbocycles. The second-order valence-electron chi connectivity index (χ2n) is 5.11. The summed E-state index contributed by atoms with van der Waals surface area (Å²) in [6.07, 6.45) is 5.65. The Morgan fingerprint density at radius 1 is 1.35 bits per heavy atom. The normalized spacial score (nSPS) is 15.3. The molecule has 1 amide bonds. The van der Waals surface area contributed by atoms with E-state index in [1.54, 1.807) is 12.1 Å². The third-order valence-electron chi connectivity index (χ3n) is 3.52. The summed E-state index contributed by atoms with van der Waals surface area (Å²) in [6.45, 7) is 0.615. The molecule has 1 N–H and O–H groups in total. The first-order chi connectivity index (χ1) is 9.72. The number of amides is 1. The van der Waals surface area contributed by atoms with Crippen LogP contribution in [-0.2, 0) is 11.3 Å². The van der Waals surface area contributed by atoms with E-state index in [1.165, 1.54) is 12.8 Å². The first-order valence-electron chi connectivity index (χ1n) is 6.97. The van der Waals surface area contributed by atoms with E-state index >= 15 is 0 Å². The molecule has 0 unspecified atom stereocenters. The van der Waals surface area contributed by atoms with Crippen LogP contribution in [0.3, 0.4) is 0 Å². The second-order valence-corrected chi connectivity index (χ2v) is 5.11. The summed E-state index contributed by atoms with van der Waals surface area (Å²) in [5.74, 6) is 1.54. The minimum atomic E-state index is 0.296. The third kappa shape index (κ3) is 3.87. The molecule has 0 spiro atoms. The molecule has 0 radical (unpaired) electrons. The molecule has 1 aliphatic carbocycles. The van der Waals surface area contributed by atoms with Crippen molar-refractivity contribution in [3.63, 3.8) is 0 Å². The van der Waals surface area contributed by atoms with Gasteiger partial charge in [0, 0.05) is 13.6 Å². The number of carbonyl (C=O) groups excluding carboxylic acids is 1. The van der Waals surface area contributed by atoms with Crippen molar-refractivity contribution in [2.45, 2.75) is 38.3 Å². The van der Waals surface area contributed by atoms with Gasteiger partial charge in [-0.25, -0.2) is 5.01 Å². The zero-order valence-corrected chi connectivity index (χ0v) is 12.1. The lowest BCUT2D eigenvalue weighted by Crippen LogP contribution is -2.32. The molecule has 20 heavy (non-hydrogen) atoms. The number of hydrazine groups is 1. The lowest BCUT2D eigenvalue weighted by atomic mass is 10.2. The number of rotatable bonds is 7. The third-order valence-corrected chi connectivity index (χ3v) is 3.52. The quantitative estimate of drug-likeness (QED) is 0.613. The zero-order chi connectivity index (χ0) is 14.4. The average Bonchev–Trinajstić information content (AvgIpc) is 2.92. The van der Waals surface area contributed by atoms with Crippen LogP contribution in [-0.4, -0.2) is 31.7 Å². The van der Waals surface area contributed by atoms with Gasteiger partial charge in [0.25, 0.3) is 0 Å². The van der Waals surface area contributed by atoms with Gasteiger partial charge in [0.05, 0.1) is 13.2 Å². The van der Waals surface area contributed by atoms with E-state index in [0.717, 1.165) is 29.9 Å². The van der Waals surface area contributed by atoms with E-state index in [1.807, 2.05) is 25.2 Å². The fourth-order valence-electron chi connectivity index (χ4n) is 2.51. The SMILES string of the molecule is COc1ccc(CN(C)NC=O)cc1OC1CCCC1. The predicted molar refractivity (Wildman–Crippen MR) is 76.5 cm³/mol. The summed E-state index contributed by atoms with van der Waals surface area (Å²) in [4.78, 5) is 10.4. The van der Waals surface area contributed by atoms with Gasteiger partial charge >= 0.3 is 0 Å². The fourth-order valence-corrected chi connectivity index (χ4v) is 2.51. The van der Waals surface area contributed by atoms with Gasteiger partial charge in [-0.1, -0.05) is 6.07 Å². The van der Waals surface area contributed by atoms with Crippen molar-refractivity contribution in [3.05, 3.63) is 23.8 Å². The minimum absolute atomic E-state index is 0.296. The molecule has 110 valence electrons. The number of nitrogens with zero attached hydrogens (tertiary/aromatic N) is 1. The Balaban J connectivity index is 2.08. The van der Waals surface area contributed by atoms with Gasteiger partial charge in [-0.3, -0.25) is 10.2 Å². The van der Waals surface area contributed by atoms with Gasteiger partial charge in [0.15, 0.2) is 11.5 Å². The molecule has 1 aliphatic rings. The van der Waals surface area contributed by atoms with Crippen LogP contribution in [0.1, 0.15) is 31.2 Å². The molecule has 2 rings (SSSR count). The standard InChI is InChI=1S/C15H22N2O3/c1-17(16-11-18)10-12-7-8-14(19-2)15(9-12)20-13-5-3-4-6-13/h7-9,11,13H,3-6,10H2,1-2H3,(H,16,18). The molecule has 5 nitrogen and oxygen atoms in total. The Morgan fingerprint density at radius 2 is 2.10 bits per heavy atom. The number of benzene rings is 1. The van der Waals surface area contributed by atoms with Crippen LogP contribution in [0.25, 0.3) is 0 Å². The molecule has 0 saturated heterocycles. The molecule has 0 aliphatic heterocycles. The summed E-state index contributed by atoms with van der Waals surface area (Å²) in [5.41, 5.74) is 3.66. The van der Waals surface area contributed by atoms with E-state index in [4.69, 9.17) is 9.47 Å². The predicted octanol–water partition coefficient (Wildman–Crippen LogP) is 2.11. The second kappa shape index (κ2) is 7.14.